The fourth-order valence-electron chi connectivity index (χ4n) is 4.14. The predicted octanol–water partition coefficient (Wildman–Crippen LogP) is 6.95. The standard InChI is InChI=1S/C24H46O3/c1-3-5-7-9-10-11-12-13-14-15-16-18-20-22(25)23-21(24(26)27-23)19-17-8-6-4-2/h21-23,25H,3-20H2,1-2H3. The molecule has 1 rings (SSSR count). The Kier molecular flexibility index (Phi) is 14.9. The number of hydrogen-bond donors (Lipinski definition) is 1. The van der Waals surface area contributed by atoms with E-state index in [2.05, 4.69) is 13.8 Å². The van der Waals surface area contributed by atoms with Crippen molar-refractivity contribution >= 4 is 5.97 Å². The van der Waals surface area contributed by atoms with Gasteiger partial charge in [-0.3, -0.25) is 4.79 Å². The number of hydrogen-bond acceptors (Lipinski definition) is 3. The molecule has 1 fully saturated rings. The van der Waals surface area contributed by atoms with Gasteiger partial charge in [-0.2, -0.15) is 0 Å². The van der Waals surface area contributed by atoms with Crippen LogP contribution in [-0.4, -0.2) is 23.3 Å². The van der Waals surface area contributed by atoms with Crippen molar-refractivity contribution in [2.24, 2.45) is 5.92 Å². The summed E-state index contributed by atoms with van der Waals surface area (Å²) in [7, 11) is 0. The fraction of sp³-hybridized carbons (Fsp3) is 0.958. The van der Waals surface area contributed by atoms with E-state index in [9.17, 15) is 9.90 Å². The molecule has 3 heteroatoms. The zero-order valence-corrected chi connectivity index (χ0v) is 18.2. The first-order valence-electron chi connectivity index (χ1n) is 12.1. The van der Waals surface area contributed by atoms with Gasteiger partial charge in [-0.15, -0.1) is 0 Å². The Bertz CT molecular complexity index is 356. The van der Waals surface area contributed by atoms with Crippen LogP contribution in [0, 0.1) is 5.92 Å². The summed E-state index contributed by atoms with van der Waals surface area (Å²) in [6.07, 6.45) is 21.6. The number of carbonyl (C=O) groups excluding carboxylic acids is 1. The number of esters is 1. The molecule has 1 N–H and O–H groups in total. The molecule has 3 nitrogen and oxygen atoms in total. The number of aliphatic hydroxyl groups excluding tert-OH is 1. The topological polar surface area (TPSA) is 46.5 Å². The van der Waals surface area contributed by atoms with Gasteiger partial charge in [0.05, 0.1) is 12.0 Å². The molecule has 0 aliphatic carbocycles. The van der Waals surface area contributed by atoms with Crippen LogP contribution in [0.1, 0.15) is 129 Å². The highest BCUT2D eigenvalue weighted by molar-refractivity contribution is 5.78. The van der Waals surface area contributed by atoms with Gasteiger partial charge in [0.2, 0.25) is 0 Å². The Labute approximate surface area is 168 Å². The predicted molar refractivity (Wildman–Crippen MR) is 114 cm³/mol. The summed E-state index contributed by atoms with van der Waals surface area (Å²) >= 11 is 0. The molecule has 0 aromatic rings. The van der Waals surface area contributed by atoms with Crippen molar-refractivity contribution in [3.05, 3.63) is 0 Å². The summed E-state index contributed by atoms with van der Waals surface area (Å²) < 4.78 is 5.24. The third-order valence-corrected chi connectivity index (χ3v) is 6.05. The normalized spacial score (nSPS) is 20.3. The molecular formula is C24H46O3. The Morgan fingerprint density at radius 1 is 0.741 bits per heavy atom. The van der Waals surface area contributed by atoms with Gasteiger partial charge in [0.25, 0.3) is 0 Å². The molecule has 1 aliphatic rings. The van der Waals surface area contributed by atoms with Crippen LogP contribution in [0.5, 0.6) is 0 Å². The van der Waals surface area contributed by atoms with Crippen LogP contribution in [-0.2, 0) is 9.53 Å². The van der Waals surface area contributed by atoms with E-state index in [-0.39, 0.29) is 18.0 Å². The SMILES string of the molecule is CCCCCCCCCCCCCCC(O)C1OC(=O)C1CCCCCC. The Balaban J connectivity index is 1.93. The zero-order chi connectivity index (χ0) is 19.7. The maximum atomic E-state index is 11.7. The van der Waals surface area contributed by atoms with Gasteiger partial charge < -0.3 is 9.84 Å². The van der Waals surface area contributed by atoms with Crippen LogP contribution in [0.15, 0.2) is 0 Å². The molecule has 27 heavy (non-hydrogen) atoms. The van der Waals surface area contributed by atoms with Crippen molar-refractivity contribution in [3.8, 4) is 0 Å². The lowest BCUT2D eigenvalue weighted by Crippen LogP contribution is -2.51. The lowest BCUT2D eigenvalue weighted by atomic mass is 9.86. The van der Waals surface area contributed by atoms with Crippen LogP contribution in [0.4, 0.5) is 0 Å². The first-order chi connectivity index (χ1) is 13.2. The molecule has 0 aromatic carbocycles. The molecule has 160 valence electrons. The van der Waals surface area contributed by atoms with E-state index in [4.69, 9.17) is 4.74 Å². The molecule has 3 atom stereocenters. The molecule has 0 amide bonds. The van der Waals surface area contributed by atoms with Crippen molar-refractivity contribution in [2.45, 2.75) is 142 Å². The number of carbonyl (C=O) groups is 1. The van der Waals surface area contributed by atoms with Crippen LogP contribution in [0.2, 0.25) is 0 Å². The van der Waals surface area contributed by atoms with E-state index in [0.29, 0.717) is 0 Å². The molecule has 1 saturated heterocycles. The summed E-state index contributed by atoms with van der Waals surface area (Å²) in [5.74, 6) is -0.139. The maximum absolute atomic E-state index is 11.7. The summed E-state index contributed by atoms with van der Waals surface area (Å²) in [6.45, 7) is 4.46. The van der Waals surface area contributed by atoms with Gasteiger partial charge >= 0.3 is 5.97 Å². The van der Waals surface area contributed by atoms with Crippen molar-refractivity contribution in [3.63, 3.8) is 0 Å². The number of unbranched alkanes of at least 4 members (excludes halogenated alkanes) is 14. The average Bonchev–Trinajstić information content (AvgIpc) is 2.66. The molecule has 0 aromatic heterocycles. The number of rotatable bonds is 19. The Morgan fingerprint density at radius 2 is 1.19 bits per heavy atom. The van der Waals surface area contributed by atoms with Gasteiger partial charge in [-0.05, 0) is 12.8 Å². The minimum Gasteiger partial charge on any atom is -0.458 e. The quantitative estimate of drug-likeness (QED) is 0.194. The third-order valence-electron chi connectivity index (χ3n) is 6.05. The maximum Gasteiger partial charge on any atom is 0.313 e. The largest absolute Gasteiger partial charge is 0.458 e. The van der Waals surface area contributed by atoms with Gasteiger partial charge in [0, 0.05) is 0 Å². The van der Waals surface area contributed by atoms with Crippen LogP contribution in [0.3, 0.4) is 0 Å². The molecule has 0 radical (unpaired) electrons. The van der Waals surface area contributed by atoms with Gasteiger partial charge in [0.15, 0.2) is 0 Å². The van der Waals surface area contributed by atoms with Crippen molar-refractivity contribution in [1.82, 2.24) is 0 Å². The highest BCUT2D eigenvalue weighted by Crippen LogP contribution is 2.31. The van der Waals surface area contributed by atoms with E-state index in [1.165, 1.54) is 89.9 Å². The van der Waals surface area contributed by atoms with Crippen molar-refractivity contribution in [1.29, 1.82) is 0 Å². The zero-order valence-electron chi connectivity index (χ0n) is 18.2. The van der Waals surface area contributed by atoms with Gasteiger partial charge in [-0.1, -0.05) is 117 Å². The monoisotopic (exact) mass is 382 g/mol. The highest BCUT2D eigenvalue weighted by Gasteiger charge is 2.45. The molecular weight excluding hydrogens is 336 g/mol. The number of ether oxygens (including phenoxy) is 1. The summed E-state index contributed by atoms with van der Waals surface area (Å²) in [6, 6.07) is 0. The molecule has 3 unspecified atom stereocenters. The lowest BCUT2D eigenvalue weighted by Gasteiger charge is -2.38. The molecule has 0 saturated carbocycles. The van der Waals surface area contributed by atoms with E-state index < -0.39 is 6.10 Å². The highest BCUT2D eigenvalue weighted by atomic mass is 16.6. The molecule has 1 heterocycles. The Hall–Kier alpha value is -0.570. The van der Waals surface area contributed by atoms with Gasteiger partial charge in [-0.25, -0.2) is 0 Å². The number of aliphatic hydroxyl groups is 1. The smallest absolute Gasteiger partial charge is 0.313 e. The van der Waals surface area contributed by atoms with Crippen LogP contribution < -0.4 is 0 Å². The van der Waals surface area contributed by atoms with E-state index in [0.717, 1.165) is 25.7 Å². The van der Waals surface area contributed by atoms with Crippen LogP contribution >= 0.6 is 0 Å². The second-order valence-electron chi connectivity index (χ2n) is 8.60. The van der Waals surface area contributed by atoms with E-state index in [1.54, 1.807) is 0 Å². The first kappa shape index (κ1) is 24.5. The third kappa shape index (κ3) is 11.1. The molecule has 0 spiro atoms. The minimum absolute atomic E-state index is 0.0471. The second kappa shape index (κ2) is 16.4. The van der Waals surface area contributed by atoms with E-state index in [1.807, 2.05) is 0 Å². The molecule has 0 bridgehead atoms. The first-order valence-corrected chi connectivity index (χ1v) is 12.1. The van der Waals surface area contributed by atoms with Crippen molar-refractivity contribution < 1.29 is 14.6 Å². The van der Waals surface area contributed by atoms with Gasteiger partial charge in [0.1, 0.15) is 6.10 Å². The second-order valence-corrected chi connectivity index (χ2v) is 8.60. The Morgan fingerprint density at radius 3 is 1.67 bits per heavy atom. The lowest BCUT2D eigenvalue weighted by molar-refractivity contribution is -0.199. The van der Waals surface area contributed by atoms with Crippen molar-refractivity contribution in [2.75, 3.05) is 0 Å². The van der Waals surface area contributed by atoms with E-state index >= 15 is 0 Å². The number of cyclic esters (lactones) is 1. The fourth-order valence-corrected chi connectivity index (χ4v) is 4.14. The summed E-state index contributed by atoms with van der Waals surface area (Å²) in [5, 5.41) is 10.3. The molecule has 1 aliphatic heterocycles. The summed E-state index contributed by atoms with van der Waals surface area (Å²) in [5.41, 5.74) is 0. The minimum atomic E-state index is -0.456. The van der Waals surface area contributed by atoms with Crippen LogP contribution in [0.25, 0.3) is 0 Å². The average molecular weight is 383 g/mol. The summed E-state index contributed by atoms with van der Waals surface area (Å²) in [4.78, 5) is 11.7.